The standard InChI is InChI=1S/C29H25F2N7O3/c1-5-22(39)34-21-13-17(30)8-9-19(21)24-35-23-18(10-11-32-25(23)36-24)15-6-7-16(20(31)12-15)14-33-26(40)27-37-28(38-41-27)29(2,3)4/h5-13H,1,14H2,2-4H3,(H,33,40)(H,34,39)(H,32,35,36). The van der Waals surface area contributed by atoms with Crippen LogP contribution in [0.4, 0.5) is 14.5 Å². The second-order valence-electron chi connectivity index (χ2n) is 10.2. The van der Waals surface area contributed by atoms with Crippen LogP contribution in [-0.2, 0) is 16.8 Å². The zero-order chi connectivity index (χ0) is 29.3. The molecule has 0 aliphatic carbocycles. The molecule has 0 atom stereocenters. The highest BCUT2D eigenvalue weighted by Crippen LogP contribution is 2.32. The van der Waals surface area contributed by atoms with Crippen LogP contribution < -0.4 is 10.6 Å². The molecular weight excluding hydrogens is 532 g/mol. The van der Waals surface area contributed by atoms with Crippen LogP contribution >= 0.6 is 0 Å². The maximum absolute atomic E-state index is 15.1. The molecule has 41 heavy (non-hydrogen) atoms. The summed E-state index contributed by atoms with van der Waals surface area (Å²) in [6.07, 6.45) is 2.62. The number of halogens is 2. The van der Waals surface area contributed by atoms with E-state index >= 15 is 4.39 Å². The van der Waals surface area contributed by atoms with E-state index in [2.05, 4.69) is 42.3 Å². The molecule has 10 nitrogen and oxygen atoms in total. The lowest BCUT2D eigenvalue weighted by atomic mass is 9.96. The molecule has 5 rings (SSSR count). The zero-order valence-corrected chi connectivity index (χ0v) is 22.4. The molecular formula is C29H25F2N7O3. The largest absolute Gasteiger partial charge is 0.344 e. The second kappa shape index (κ2) is 10.7. The van der Waals surface area contributed by atoms with Gasteiger partial charge in [-0.05, 0) is 42.0 Å². The van der Waals surface area contributed by atoms with Crippen molar-refractivity contribution >= 4 is 28.7 Å². The minimum Gasteiger partial charge on any atom is -0.344 e. The Morgan fingerprint density at radius 1 is 1.07 bits per heavy atom. The van der Waals surface area contributed by atoms with Crippen LogP contribution in [0.2, 0.25) is 0 Å². The van der Waals surface area contributed by atoms with E-state index in [9.17, 15) is 14.0 Å². The maximum Gasteiger partial charge on any atom is 0.315 e. The predicted octanol–water partition coefficient (Wildman–Crippen LogP) is 5.31. The molecule has 2 amide bonds. The summed E-state index contributed by atoms with van der Waals surface area (Å²) in [5.74, 6) is -1.69. The third kappa shape index (κ3) is 5.71. The number of benzene rings is 2. The number of amides is 2. The van der Waals surface area contributed by atoms with Gasteiger partial charge in [0, 0.05) is 34.8 Å². The van der Waals surface area contributed by atoms with E-state index in [-0.39, 0.29) is 29.1 Å². The topological polar surface area (TPSA) is 139 Å². The van der Waals surface area contributed by atoms with Crippen LogP contribution in [0.1, 0.15) is 42.8 Å². The van der Waals surface area contributed by atoms with E-state index < -0.39 is 23.4 Å². The van der Waals surface area contributed by atoms with Crippen LogP contribution in [0.5, 0.6) is 0 Å². The van der Waals surface area contributed by atoms with E-state index in [1.165, 1.54) is 24.3 Å². The number of imidazole rings is 1. The molecule has 5 aromatic rings. The lowest BCUT2D eigenvalue weighted by Crippen LogP contribution is -2.24. The number of carbonyl (C=O) groups excluding carboxylic acids is 2. The predicted molar refractivity (Wildman–Crippen MR) is 148 cm³/mol. The van der Waals surface area contributed by atoms with Crippen molar-refractivity contribution in [3.63, 3.8) is 0 Å². The molecule has 0 bridgehead atoms. The first-order valence-corrected chi connectivity index (χ1v) is 12.5. The van der Waals surface area contributed by atoms with E-state index in [1.807, 2.05) is 20.8 Å². The monoisotopic (exact) mass is 557 g/mol. The summed E-state index contributed by atoms with van der Waals surface area (Å²) in [5, 5.41) is 8.99. The summed E-state index contributed by atoms with van der Waals surface area (Å²) < 4.78 is 34.1. The fraction of sp³-hybridized carbons (Fsp3) is 0.172. The van der Waals surface area contributed by atoms with Crippen LogP contribution in [0.3, 0.4) is 0 Å². The van der Waals surface area contributed by atoms with Gasteiger partial charge in [0.15, 0.2) is 11.5 Å². The summed E-state index contributed by atoms with van der Waals surface area (Å²) in [6, 6.07) is 10.2. The van der Waals surface area contributed by atoms with Gasteiger partial charge in [-0.15, -0.1) is 0 Å². The van der Waals surface area contributed by atoms with Gasteiger partial charge in [-0.1, -0.05) is 44.6 Å². The van der Waals surface area contributed by atoms with Crippen LogP contribution in [0, 0.1) is 11.6 Å². The fourth-order valence-electron chi connectivity index (χ4n) is 4.01. The molecule has 0 spiro atoms. The molecule has 208 valence electrons. The highest BCUT2D eigenvalue weighted by molar-refractivity contribution is 6.02. The third-order valence-electron chi connectivity index (χ3n) is 6.16. The molecule has 2 aromatic carbocycles. The Kier molecular flexibility index (Phi) is 7.14. The maximum atomic E-state index is 15.1. The Hall–Kier alpha value is -5.26. The van der Waals surface area contributed by atoms with Crippen molar-refractivity contribution in [2.75, 3.05) is 5.32 Å². The van der Waals surface area contributed by atoms with Gasteiger partial charge in [-0.25, -0.2) is 18.7 Å². The van der Waals surface area contributed by atoms with E-state index in [1.54, 1.807) is 24.4 Å². The normalized spacial score (nSPS) is 11.4. The highest BCUT2D eigenvalue weighted by Gasteiger charge is 2.24. The highest BCUT2D eigenvalue weighted by atomic mass is 19.1. The van der Waals surface area contributed by atoms with E-state index in [4.69, 9.17) is 4.52 Å². The average molecular weight is 558 g/mol. The summed E-state index contributed by atoms with van der Waals surface area (Å²) in [7, 11) is 0. The summed E-state index contributed by atoms with van der Waals surface area (Å²) in [5.41, 5.74) is 2.45. The molecule has 0 fully saturated rings. The van der Waals surface area contributed by atoms with Gasteiger partial charge >= 0.3 is 11.8 Å². The van der Waals surface area contributed by atoms with Crippen LogP contribution in [0.15, 0.2) is 65.8 Å². The molecule has 12 heteroatoms. The number of nitrogens with zero attached hydrogens (tertiary/aromatic N) is 4. The number of aromatic amines is 1. The summed E-state index contributed by atoms with van der Waals surface area (Å²) in [4.78, 5) is 40.4. The van der Waals surface area contributed by atoms with Crippen molar-refractivity contribution in [2.45, 2.75) is 32.7 Å². The molecule has 3 heterocycles. The summed E-state index contributed by atoms with van der Waals surface area (Å²) >= 11 is 0. The van der Waals surface area contributed by atoms with Crippen molar-refractivity contribution in [3.05, 3.63) is 90.2 Å². The SMILES string of the molecule is C=CC(=O)Nc1cc(F)ccc1-c1nc2c(-c3ccc(CNC(=O)c4nc(C(C)(C)C)no4)c(F)c3)ccnc2[nH]1. The Bertz CT molecular complexity index is 1800. The molecule has 0 saturated heterocycles. The van der Waals surface area contributed by atoms with E-state index in [0.717, 1.165) is 6.08 Å². The van der Waals surface area contributed by atoms with Crippen LogP contribution in [0.25, 0.3) is 33.7 Å². The first-order valence-electron chi connectivity index (χ1n) is 12.5. The molecule has 3 N–H and O–H groups in total. The van der Waals surface area contributed by atoms with Gasteiger partial charge in [0.05, 0.1) is 5.69 Å². The lowest BCUT2D eigenvalue weighted by Gasteiger charge is -2.10. The Labute approximate surface area is 232 Å². The van der Waals surface area contributed by atoms with Gasteiger partial charge in [-0.3, -0.25) is 9.59 Å². The van der Waals surface area contributed by atoms with Gasteiger partial charge in [0.25, 0.3) is 0 Å². The number of aromatic nitrogens is 5. The molecule has 0 saturated carbocycles. The fourth-order valence-corrected chi connectivity index (χ4v) is 4.01. The van der Waals surface area contributed by atoms with Gasteiger partial charge in [0.2, 0.25) is 5.91 Å². The van der Waals surface area contributed by atoms with Crippen molar-refractivity contribution in [1.82, 2.24) is 30.4 Å². The second-order valence-corrected chi connectivity index (χ2v) is 10.2. The number of hydrogen-bond acceptors (Lipinski definition) is 7. The number of H-pyrrole nitrogens is 1. The third-order valence-corrected chi connectivity index (χ3v) is 6.16. The Morgan fingerprint density at radius 3 is 2.59 bits per heavy atom. The van der Waals surface area contributed by atoms with Gasteiger partial charge < -0.3 is 20.1 Å². The van der Waals surface area contributed by atoms with Crippen molar-refractivity contribution in [3.8, 4) is 22.5 Å². The van der Waals surface area contributed by atoms with Crippen LogP contribution in [-0.4, -0.2) is 36.9 Å². The van der Waals surface area contributed by atoms with Crippen molar-refractivity contribution in [2.24, 2.45) is 0 Å². The molecule has 0 unspecified atom stereocenters. The number of pyridine rings is 1. The number of fused-ring (bicyclic) bond motifs is 1. The first-order chi connectivity index (χ1) is 19.5. The minimum atomic E-state index is -0.610. The summed E-state index contributed by atoms with van der Waals surface area (Å²) in [6.45, 7) is 8.99. The number of rotatable bonds is 7. The van der Waals surface area contributed by atoms with Gasteiger partial charge in [-0.2, -0.15) is 4.98 Å². The molecule has 0 aliphatic rings. The number of carbonyl (C=O) groups is 2. The lowest BCUT2D eigenvalue weighted by molar-refractivity contribution is -0.111. The van der Waals surface area contributed by atoms with Gasteiger partial charge in [0.1, 0.15) is 23.0 Å². The van der Waals surface area contributed by atoms with Crippen molar-refractivity contribution < 1.29 is 22.9 Å². The first kappa shape index (κ1) is 27.3. The number of anilines is 1. The number of hydrogen-bond donors (Lipinski definition) is 3. The molecule has 3 aromatic heterocycles. The zero-order valence-electron chi connectivity index (χ0n) is 22.4. The average Bonchev–Trinajstić information content (AvgIpc) is 3.60. The minimum absolute atomic E-state index is 0.0970. The van der Waals surface area contributed by atoms with Crippen molar-refractivity contribution in [1.29, 1.82) is 0 Å². The van der Waals surface area contributed by atoms with E-state index in [0.29, 0.717) is 39.5 Å². The molecule has 0 radical (unpaired) electrons. The molecule has 0 aliphatic heterocycles. The number of nitrogens with one attached hydrogen (secondary N) is 3. The Balaban J connectivity index is 1.40. The smallest absolute Gasteiger partial charge is 0.315 e. The quantitative estimate of drug-likeness (QED) is 0.231. The Morgan fingerprint density at radius 2 is 1.88 bits per heavy atom.